The summed E-state index contributed by atoms with van der Waals surface area (Å²) >= 11 is 6.21. The average Bonchev–Trinajstić information content (AvgIpc) is 3.11. The Labute approximate surface area is 149 Å². The number of benzene rings is 2. The van der Waals surface area contributed by atoms with E-state index in [1.807, 2.05) is 37.3 Å². The molecule has 6 heteroatoms. The molecular formula is C19H15ClN2O3. The van der Waals surface area contributed by atoms with Crippen molar-refractivity contribution < 1.29 is 14.4 Å². The molecule has 2 amide bonds. The zero-order chi connectivity index (χ0) is 17.6. The maximum Gasteiger partial charge on any atom is 0.281 e. The minimum absolute atomic E-state index is 0.0306. The summed E-state index contributed by atoms with van der Waals surface area (Å²) in [6.45, 7) is 1.95. The standard InChI is InChI=1S/C19H15ClN2O3/c1-12-6-8-13(9-7-12)22-17(23)11-19(18(22)24)10-16(21-25-19)14-4-2-3-5-15(14)20/h2-9H,10-11H2,1H3/t19-/m0/s1. The molecule has 0 N–H and O–H groups in total. The number of carbonyl (C=O) groups excluding carboxylic acids is 2. The Morgan fingerprint density at radius 2 is 1.80 bits per heavy atom. The van der Waals surface area contributed by atoms with E-state index in [0.717, 1.165) is 11.1 Å². The number of hydrogen-bond donors (Lipinski definition) is 0. The van der Waals surface area contributed by atoms with Crippen LogP contribution >= 0.6 is 11.6 Å². The van der Waals surface area contributed by atoms with E-state index in [-0.39, 0.29) is 24.7 Å². The third kappa shape index (κ3) is 2.51. The van der Waals surface area contributed by atoms with Crippen LogP contribution in [0, 0.1) is 6.92 Å². The van der Waals surface area contributed by atoms with E-state index in [2.05, 4.69) is 5.16 Å². The number of carbonyl (C=O) groups is 2. The van der Waals surface area contributed by atoms with Gasteiger partial charge in [0.1, 0.15) is 0 Å². The maximum absolute atomic E-state index is 13.0. The molecule has 5 nitrogen and oxygen atoms in total. The molecule has 0 aromatic heterocycles. The Bertz CT molecular complexity index is 907. The minimum atomic E-state index is -1.27. The molecule has 1 fully saturated rings. The van der Waals surface area contributed by atoms with Crippen molar-refractivity contribution in [1.82, 2.24) is 0 Å². The van der Waals surface area contributed by atoms with Gasteiger partial charge in [0.15, 0.2) is 0 Å². The highest BCUT2D eigenvalue weighted by atomic mass is 35.5. The van der Waals surface area contributed by atoms with E-state index in [9.17, 15) is 9.59 Å². The summed E-state index contributed by atoms with van der Waals surface area (Å²) in [6.07, 6.45) is 0.195. The van der Waals surface area contributed by atoms with Crippen molar-refractivity contribution in [3.63, 3.8) is 0 Å². The summed E-state index contributed by atoms with van der Waals surface area (Å²) < 4.78 is 0. The number of rotatable bonds is 2. The first-order chi connectivity index (χ1) is 12.0. The van der Waals surface area contributed by atoms with Crippen LogP contribution in [0.3, 0.4) is 0 Å². The van der Waals surface area contributed by atoms with E-state index in [1.54, 1.807) is 18.2 Å². The third-order valence-electron chi connectivity index (χ3n) is 4.54. The molecule has 1 atom stereocenters. The number of nitrogens with zero attached hydrogens (tertiary/aromatic N) is 2. The predicted molar refractivity (Wildman–Crippen MR) is 94.7 cm³/mol. The van der Waals surface area contributed by atoms with Gasteiger partial charge in [-0.3, -0.25) is 9.59 Å². The molecule has 2 heterocycles. The van der Waals surface area contributed by atoms with Crippen LogP contribution < -0.4 is 4.90 Å². The zero-order valence-corrected chi connectivity index (χ0v) is 14.3. The van der Waals surface area contributed by atoms with Gasteiger partial charge in [0.05, 0.1) is 17.8 Å². The van der Waals surface area contributed by atoms with E-state index in [0.29, 0.717) is 16.4 Å². The molecule has 0 bridgehead atoms. The highest BCUT2D eigenvalue weighted by molar-refractivity contribution is 6.34. The fourth-order valence-corrected chi connectivity index (χ4v) is 3.44. The van der Waals surface area contributed by atoms with Gasteiger partial charge in [-0.1, -0.05) is 52.7 Å². The third-order valence-corrected chi connectivity index (χ3v) is 4.87. The van der Waals surface area contributed by atoms with Crippen molar-refractivity contribution >= 4 is 34.8 Å². The van der Waals surface area contributed by atoms with Crippen LogP contribution in [0.25, 0.3) is 0 Å². The second-order valence-corrected chi connectivity index (χ2v) is 6.73. The monoisotopic (exact) mass is 354 g/mol. The highest BCUT2D eigenvalue weighted by Gasteiger charge is 2.58. The van der Waals surface area contributed by atoms with Gasteiger partial charge in [0, 0.05) is 17.0 Å². The summed E-state index contributed by atoms with van der Waals surface area (Å²) in [7, 11) is 0. The van der Waals surface area contributed by atoms with Gasteiger partial charge in [0.25, 0.3) is 5.91 Å². The molecule has 1 saturated heterocycles. The summed E-state index contributed by atoms with van der Waals surface area (Å²) in [5.74, 6) is -0.670. The van der Waals surface area contributed by atoms with Crippen LogP contribution in [0.1, 0.15) is 24.0 Å². The Morgan fingerprint density at radius 3 is 2.52 bits per heavy atom. The van der Waals surface area contributed by atoms with E-state index < -0.39 is 5.60 Å². The van der Waals surface area contributed by atoms with Crippen molar-refractivity contribution in [2.45, 2.75) is 25.4 Å². The van der Waals surface area contributed by atoms with E-state index >= 15 is 0 Å². The molecule has 25 heavy (non-hydrogen) atoms. The second kappa shape index (κ2) is 5.70. The van der Waals surface area contributed by atoms with Crippen molar-refractivity contribution in [3.8, 4) is 0 Å². The molecule has 2 aromatic carbocycles. The maximum atomic E-state index is 13.0. The molecule has 2 aliphatic heterocycles. The van der Waals surface area contributed by atoms with Gasteiger partial charge >= 0.3 is 0 Å². The minimum Gasteiger partial charge on any atom is -0.378 e. The first-order valence-corrected chi connectivity index (χ1v) is 8.32. The molecule has 0 radical (unpaired) electrons. The largest absolute Gasteiger partial charge is 0.378 e. The van der Waals surface area contributed by atoms with Crippen molar-refractivity contribution in [1.29, 1.82) is 0 Å². The van der Waals surface area contributed by atoms with Crippen molar-refractivity contribution in [2.75, 3.05) is 4.90 Å². The molecule has 126 valence electrons. The summed E-state index contributed by atoms with van der Waals surface area (Å²) in [4.78, 5) is 32.1. The van der Waals surface area contributed by atoms with E-state index in [1.165, 1.54) is 4.90 Å². The first kappa shape index (κ1) is 15.8. The van der Waals surface area contributed by atoms with Crippen LogP contribution in [-0.2, 0) is 14.4 Å². The fourth-order valence-electron chi connectivity index (χ4n) is 3.20. The molecule has 2 aliphatic rings. The van der Waals surface area contributed by atoms with Gasteiger partial charge in [-0.25, -0.2) is 4.90 Å². The van der Waals surface area contributed by atoms with Crippen LogP contribution in [0.5, 0.6) is 0 Å². The molecular weight excluding hydrogens is 340 g/mol. The van der Waals surface area contributed by atoms with Gasteiger partial charge < -0.3 is 4.84 Å². The Balaban J connectivity index is 1.63. The SMILES string of the molecule is Cc1ccc(N2C(=O)C[C@@]3(CC(c4ccccc4Cl)=NO3)C2=O)cc1. The lowest BCUT2D eigenvalue weighted by molar-refractivity contribution is -0.136. The van der Waals surface area contributed by atoms with Crippen LogP contribution in [0.2, 0.25) is 5.02 Å². The predicted octanol–water partition coefficient (Wildman–Crippen LogP) is 3.48. The summed E-state index contributed by atoms with van der Waals surface area (Å²) in [6, 6.07) is 14.5. The molecule has 0 saturated carbocycles. The smallest absolute Gasteiger partial charge is 0.281 e. The number of oxime groups is 1. The van der Waals surface area contributed by atoms with Gasteiger partial charge in [-0.05, 0) is 25.1 Å². The molecule has 4 rings (SSSR count). The normalized spacial score (nSPS) is 22.5. The fraction of sp³-hybridized carbons (Fsp3) is 0.211. The Kier molecular flexibility index (Phi) is 3.62. The number of aryl methyl sites for hydroxylation is 1. The van der Waals surface area contributed by atoms with Crippen molar-refractivity contribution in [2.24, 2.45) is 5.16 Å². The summed E-state index contributed by atoms with van der Waals surface area (Å²) in [5, 5.41) is 4.60. The van der Waals surface area contributed by atoms with Crippen LogP contribution in [0.4, 0.5) is 5.69 Å². The number of halogens is 1. The Morgan fingerprint density at radius 1 is 1.08 bits per heavy atom. The summed E-state index contributed by atoms with van der Waals surface area (Å²) in [5.41, 5.74) is 1.63. The lowest BCUT2D eigenvalue weighted by atomic mass is 9.92. The van der Waals surface area contributed by atoms with Gasteiger partial charge in [0.2, 0.25) is 11.5 Å². The lowest BCUT2D eigenvalue weighted by Crippen LogP contribution is -2.40. The number of amides is 2. The quantitative estimate of drug-likeness (QED) is 0.776. The number of imide groups is 1. The lowest BCUT2D eigenvalue weighted by Gasteiger charge is -2.19. The average molecular weight is 355 g/mol. The van der Waals surface area contributed by atoms with Gasteiger partial charge in [-0.2, -0.15) is 0 Å². The van der Waals surface area contributed by atoms with E-state index in [4.69, 9.17) is 16.4 Å². The van der Waals surface area contributed by atoms with Crippen LogP contribution in [-0.4, -0.2) is 23.1 Å². The number of anilines is 1. The Hall–Kier alpha value is -2.66. The molecule has 2 aromatic rings. The molecule has 0 unspecified atom stereocenters. The zero-order valence-electron chi connectivity index (χ0n) is 13.5. The molecule has 1 spiro atoms. The second-order valence-electron chi connectivity index (χ2n) is 6.33. The highest BCUT2D eigenvalue weighted by Crippen LogP contribution is 2.40. The van der Waals surface area contributed by atoms with Crippen molar-refractivity contribution in [3.05, 3.63) is 64.7 Å². The first-order valence-electron chi connectivity index (χ1n) is 7.94. The van der Waals surface area contributed by atoms with Gasteiger partial charge in [-0.15, -0.1) is 0 Å². The topological polar surface area (TPSA) is 59.0 Å². The number of hydrogen-bond acceptors (Lipinski definition) is 4. The molecule has 0 aliphatic carbocycles. The van der Waals surface area contributed by atoms with Crippen LogP contribution in [0.15, 0.2) is 53.7 Å².